The third-order valence-electron chi connectivity index (χ3n) is 3.78. The summed E-state index contributed by atoms with van der Waals surface area (Å²) in [5, 5.41) is 3.44. The Morgan fingerprint density at radius 3 is 2.62 bits per heavy atom. The zero-order valence-corrected chi connectivity index (χ0v) is 12.9. The van der Waals surface area contributed by atoms with Gasteiger partial charge in [0.25, 0.3) is 0 Å². The van der Waals surface area contributed by atoms with Crippen LogP contribution in [0, 0.1) is 0 Å². The van der Waals surface area contributed by atoms with Crippen LogP contribution in [-0.4, -0.2) is 13.7 Å². The molecule has 108 valence electrons. The van der Waals surface area contributed by atoms with E-state index in [-0.39, 0.29) is 6.04 Å². The average Bonchev–Trinajstić information content (AvgIpc) is 2.97. The lowest BCUT2D eigenvalue weighted by atomic mass is 9.98. The molecule has 2 nitrogen and oxygen atoms in total. The standard InChI is InChI=1S/C18H19NOS/c1-20-11-10-13-6-8-14(9-7-13)18(19)16-12-21-17-5-3-2-4-15(16)17/h2-9,12,18H,10-11,19H2,1H3. The maximum absolute atomic E-state index is 6.46. The SMILES string of the molecule is COCCc1ccc(C(N)c2csc3ccccc23)cc1. The fraction of sp³-hybridized carbons (Fsp3) is 0.222. The first-order chi connectivity index (χ1) is 10.3. The van der Waals surface area contributed by atoms with Crippen LogP contribution in [0.15, 0.2) is 53.9 Å². The van der Waals surface area contributed by atoms with Gasteiger partial charge in [0.1, 0.15) is 0 Å². The highest BCUT2D eigenvalue weighted by Crippen LogP contribution is 2.32. The van der Waals surface area contributed by atoms with Gasteiger partial charge in [-0.1, -0.05) is 42.5 Å². The molecule has 0 radical (unpaired) electrons. The zero-order chi connectivity index (χ0) is 14.7. The molecule has 3 rings (SSSR count). The molecular weight excluding hydrogens is 278 g/mol. The molecule has 1 aromatic heterocycles. The van der Waals surface area contributed by atoms with E-state index >= 15 is 0 Å². The molecule has 1 unspecified atom stereocenters. The second-order valence-corrected chi connectivity index (χ2v) is 6.06. The lowest BCUT2D eigenvalue weighted by Crippen LogP contribution is -2.11. The predicted molar refractivity (Wildman–Crippen MR) is 89.9 cm³/mol. The molecule has 0 aliphatic carbocycles. The van der Waals surface area contributed by atoms with Crippen molar-refractivity contribution in [2.24, 2.45) is 5.73 Å². The lowest BCUT2D eigenvalue weighted by Gasteiger charge is -2.12. The molecule has 1 atom stereocenters. The summed E-state index contributed by atoms with van der Waals surface area (Å²) in [7, 11) is 1.73. The monoisotopic (exact) mass is 297 g/mol. The Kier molecular flexibility index (Phi) is 4.34. The minimum Gasteiger partial charge on any atom is -0.384 e. The van der Waals surface area contributed by atoms with Crippen molar-refractivity contribution in [1.82, 2.24) is 0 Å². The van der Waals surface area contributed by atoms with Crippen LogP contribution in [0.1, 0.15) is 22.7 Å². The van der Waals surface area contributed by atoms with E-state index in [2.05, 4.69) is 53.9 Å². The Morgan fingerprint density at radius 2 is 1.86 bits per heavy atom. The number of nitrogens with two attached hydrogens (primary N) is 1. The third-order valence-corrected chi connectivity index (χ3v) is 4.76. The number of hydrogen-bond donors (Lipinski definition) is 1. The van der Waals surface area contributed by atoms with Gasteiger partial charge in [-0.3, -0.25) is 0 Å². The van der Waals surface area contributed by atoms with Crippen LogP contribution in [-0.2, 0) is 11.2 Å². The number of hydrogen-bond acceptors (Lipinski definition) is 3. The number of benzene rings is 2. The van der Waals surface area contributed by atoms with Crippen molar-refractivity contribution in [3.63, 3.8) is 0 Å². The van der Waals surface area contributed by atoms with Crippen LogP contribution in [0.5, 0.6) is 0 Å². The summed E-state index contributed by atoms with van der Waals surface area (Å²) in [6.45, 7) is 0.751. The highest BCUT2D eigenvalue weighted by atomic mass is 32.1. The summed E-state index contributed by atoms with van der Waals surface area (Å²) in [4.78, 5) is 0. The summed E-state index contributed by atoms with van der Waals surface area (Å²) in [5.74, 6) is 0. The van der Waals surface area contributed by atoms with Gasteiger partial charge in [0, 0.05) is 11.8 Å². The quantitative estimate of drug-likeness (QED) is 0.768. The Morgan fingerprint density at radius 1 is 1.10 bits per heavy atom. The molecule has 0 aliphatic rings. The van der Waals surface area contributed by atoms with Crippen molar-refractivity contribution in [2.45, 2.75) is 12.5 Å². The van der Waals surface area contributed by atoms with E-state index in [0.29, 0.717) is 0 Å². The Bertz CT molecular complexity index is 717. The number of methoxy groups -OCH3 is 1. The molecule has 0 bridgehead atoms. The maximum atomic E-state index is 6.46. The van der Waals surface area contributed by atoms with E-state index in [0.717, 1.165) is 18.6 Å². The fourth-order valence-electron chi connectivity index (χ4n) is 2.53. The smallest absolute Gasteiger partial charge is 0.0566 e. The normalized spacial score (nSPS) is 12.7. The largest absolute Gasteiger partial charge is 0.384 e. The summed E-state index contributed by atoms with van der Waals surface area (Å²) in [6, 6.07) is 16.9. The molecule has 0 saturated carbocycles. The minimum absolute atomic E-state index is 0.0716. The average molecular weight is 297 g/mol. The molecule has 0 fully saturated rings. The Labute approximate surface area is 129 Å². The first-order valence-electron chi connectivity index (χ1n) is 7.09. The highest BCUT2D eigenvalue weighted by molar-refractivity contribution is 7.17. The van der Waals surface area contributed by atoms with Gasteiger partial charge in [0.15, 0.2) is 0 Å². The second-order valence-electron chi connectivity index (χ2n) is 5.15. The summed E-state index contributed by atoms with van der Waals surface area (Å²) in [5.41, 5.74) is 10.1. The van der Waals surface area contributed by atoms with Crippen LogP contribution in [0.2, 0.25) is 0 Å². The van der Waals surface area contributed by atoms with Gasteiger partial charge in [0.05, 0.1) is 12.6 Å². The molecule has 0 aliphatic heterocycles. The summed E-state index contributed by atoms with van der Waals surface area (Å²) < 4.78 is 6.40. The van der Waals surface area contributed by atoms with Gasteiger partial charge in [0.2, 0.25) is 0 Å². The van der Waals surface area contributed by atoms with Crippen molar-refractivity contribution >= 4 is 21.4 Å². The van der Waals surface area contributed by atoms with Gasteiger partial charge in [-0.15, -0.1) is 11.3 Å². The van der Waals surface area contributed by atoms with Crippen LogP contribution in [0.4, 0.5) is 0 Å². The van der Waals surface area contributed by atoms with Crippen molar-refractivity contribution in [3.05, 3.63) is 70.6 Å². The summed E-state index contributed by atoms with van der Waals surface area (Å²) in [6.07, 6.45) is 0.938. The third kappa shape index (κ3) is 3.00. The molecule has 0 saturated heterocycles. The van der Waals surface area contributed by atoms with Crippen molar-refractivity contribution in [1.29, 1.82) is 0 Å². The van der Waals surface area contributed by atoms with Crippen molar-refractivity contribution in [2.75, 3.05) is 13.7 Å². The van der Waals surface area contributed by atoms with Gasteiger partial charge < -0.3 is 10.5 Å². The van der Waals surface area contributed by atoms with E-state index in [1.807, 2.05) is 0 Å². The van der Waals surface area contributed by atoms with Gasteiger partial charge in [-0.05, 0) is 39.9 Å². The molecule has 2 aromatic carbocycles. The van der Waals surface area contributed by atoms with E-state index in [4.69, 9.17) is 10.5 Å². The van der Waals surface area contributed by atoms with Crippen LogP contribution >= 0.6 is 11.3 Å². The van der Waals surface area contributed by atoms with E-state index < -0.39 is 0 Å². The molecule has 1 heterocycles. The highest BCUT2D eigenvalue weighted by Gasteiger charge is 2.13. The zero-order valence-electron chi connectivity index (χ0n) is 12.1. The van der Waals surface area contributed by atoms with Crippen LogP contribution in [0.3, 0.4) is 0 Å². The van der Waals surface area contributed by atoms with Crippen LogP contribution in [0.25, 0.3) is 10.1 Å². The van der Waals surface area contributed by atoms with Crippen molar-refractivity contribution < 1.29 is 4.74 Å². The predicted octanol–water partition coefficient (Wildman–Crippen LogP) is 4.14. The fourth-order valence-corrected chi connectivity index (χ4v) is 3.53. The maximum Gasteiger partial charge on any atom is 0.0566 e. The van der Waals surface area contributed by atoms with Gasteiger partial charge in [-0.2, -0.15) is 0 Å². The second kappa shape index (κ2) is 6.39. The lowest BCUT2D eigenvalue weighted by molar-refractivity contribution is 0.202. The first kappa shape index (κ1) is 14.3. The number of rotatable bonds is 5. The number of thiophene rings is 1. The Hall–Kier alpha value is -1.68. The topological polar surface area (TPSA) is 35.2 Å². The van der Waals surface area contributed by atoms with Gasteiger partial charge >= 0.3 is 0 Å². The van der Waals surface area contributed by atoms with E-state index in [1.165, 1.54) is 21.2 Å². The Balaban J connectivity index is 1.86. The summed E-state index contributed by atoms with van der Waals surface area (Å²) >= 11 is 1.75. The minimum atomic E-state index is -0.0716. The molecule has 2 N–H and O–H groups in total. The van der Waals surface area contributed by atoms with Crippen LogP contribution < -0.4 is 5.73 Å². The molecule has 0 amide bonds. The number of fused-ring (bicyclic) bond motifs is 1. The molecule has 3 heteroatoms. The molecule has 3 aromatic rings. The van der Waals surface area contributed by atoms with Gasteiger partial charge in [-0.25, -0.2) is 0 Å². The first-order valence-corrected chi connectivity index (χ1v) is 7.97. The number of ether oxygens (including phenoxy) is 1. The molecule has 21 heavy (non-hydrogen) atoms. The van der Waals surface area contributed by atoms with E-state index in [9.17, 15) is 0 Å². The molecule has 0 spiro atoms. The molecular formula is C18H19NOS. The van der Waals surface area contributed by atoms with Crippen molar-refractivity contribution in [3.8, 4) is 0 Å². The van der Waals surface area contributed by atoms with E-state index in [1.54, 1.807) is 18.4 Å².